The highest BCUT2D eigenvalue weighted by Gasteiger charge is 2.36. The molecule has 0 saturated carbocycles. The van der Waals surface area contributed by atoms with E-state index in [0.29, 0.717) is 13.1 Å². The second kappa shape index (κ2) is 12.9. The SMILES string of the molecule is CC(C)(C)OC(=O)N1CCC[C@H]1c1nc2c(ccc3cc(-c4ccc5c(ccc6[nH]c([C@@H]7CCCN7C(=O)OCc7ccccc7)nc65)c4)ccc32)[nH]1. The van der Waals surface area contributed by atoms with E-state index in [2.05, 4.69) is 70.6 Å². The van der Waals surface area contributed by atoms with Crippen molar-refractivity contribution >= 4 is 55.8 Å². The Morgan fingerprint density at radius 1 is 0.698 bits per heavy atom. The van der Waals surface area contributed by atoms with Gasteiger partial charge in [0.1, 0.15) is 23.9 Å². The molecule has 268 valence electrons. The molecular weight excluding hydrogens is 665 g/mol. The number of fused-ring (bicyclic) bond motifs is 6. The normalized spacial score (nSPS) is 17.8. The van der Waals surface area contributed by atoms with E-state index in [4.69, 9.17) is 19.4 Å². The number of rotatable bonds is 5. The molecule has 0 spiro atoms. The number of aromatic nitrogens is 4. The van der Waals surface area contributed by atoms with Crippen molar-refractivity contribution in [1.29, 1.82) is 0 Å². The molecule has 2 fully saturated rings. The summed E-state index contributed by atoms with van der Waals surface area (Å²) in [5, 5.41) is 4.31. The van der Waals surface area contributed by atoms with E-state index in [-0.39, 0.29) is 30.9 Å². The number of aromatic amines is 2. The molecule has 10 heteroatoms. The van der Waals surface area contributed by atoms with E-state index < -0.39 is 5.60 Å². The zero-order valence-corrected chi connectivity index (χ0v) is 30.2. The Hall–Kier alpha value is -5.90. The summed E-state index contributed by atoms with van der Waals surface area (Å²) in [6.45, 7) is 7.23. The molecular formula is C43H42N6O4. The lowest BCUT2D eigenvalue weighted by atomic mass is 9.98. The molecule has 2 amide bonds. The van der Waals surface area contributed by atoms with Gasteiger partial charge in [-0.15, -0.1) is 0 Å². The van der Waals surface area contributed by atoms with Gasteiger partial charge in [0.25, 0.3) is 0 Å². The largest absolute Gasteiger partial charge is 0.445 e. The van der Waals surface area contributed by atoms with Gasteiger partial charge in [0.05, 0.1) is 34.2 Å². The van der Waals surface area contributed by atoms with E-state index in [1.165, 1.54) is 0 Å². The second-order valence-corrected chi connectivity index (χ2v) is 15.3. The molecule has 2 aliphatic rings. The molecule has 2 atom stereocenters. The third-order valence-corrected chi connectivity index (χ3v) is 10.5. The lowest BCUT2D eigenvalue weighted by molar-refractivity contribution is 0.0219. The maximum Gasteiger partial charge on any atom is 0.410 e. The van der Waals surface area contributed by atoms with Crippen LogP contribution in [-0.4, -0.2) is 60.6 Å². The number of H-pyrrole nitrogens is 2. The van der Waals surface area contributed by atoms with Crippen molar-refractivity contribution in [3.63, 3.8) is 0 Å². The maximum atomic E-state index is 13.1. The van der Waals surface area contributed by atoms with Crippen LogP contribution in [-0.2, 0) is 16.1 Å². The first kappa shape index (κ1) is 33.0. The van der Waals surface area contributed by atoms with E-state index in [1.807, 2.05) is 51.1 Å². The molecule has 2 aliphatic heterocycles. The third-order valence-electron chi connectivity index (χ3n) is 10.5. The van der Waals surface area contributed by atoms with Crippen LogP contribution in [0, 0.1) is 0 Å². The number of imidazole rings is 2. The van der Waals surface area contributed by atoms with E-state index in [1.54, 1.807) is 9.80 Å². The predicted octanol–water partition coefficient (Wildman–Crippen LogP) is 9.96. The van der Waals surface area contributed by atoms with Crippen molar-refractivity contribution in [2.24, 2.45) is 0 Å². The summed E-state index contributed by atoms with van der Waals surface area (Å²) in [5.74, 6) is 1.59. The van der Waals surface area contributed by atoms with Crippen LogP contribution in [0.15, 0.2) is 91.0 Å². The van der Waals surface area contributed by atoms with Crippen LogP contribution in [0.3, 0.4) is 0 Å². The minimum Gasteiger partial charge on any atom is -0.445 e. The van der Waals surface area contributed by atoms with Crippen LogP contribution in [0.1, 0.15) is 75.8 Å². The van der Waals surface area contributed by atoms with Crippen molar-refractivity contribution in [3.8, 4) is 11.1 Å². The van der Waals surface area contributed by atoms with E-state index in [9.17, 15) is 9.59 Å². The Labute approximate surface area is 307 Å². The number of ether oxygens (including phenoxy) is 2. The Balaban J connectivity index is 0.967. The van der Waals surface area contributed by atoms with Crippen LogP contribution in [0.5, 0.6) is 0 Å². The number of carbonyl (C=O) groups is 2. The van der Waals surface area contributed by atoms with Crippen LogP contribution in [0.25, 0.3) is 54.7 Å². The topological polar surface area (TPSA) is 116 Å². The number of hydrogen-bond acceptors (Lipinski definition) is 6. The van der Waals surface area contributed by atoms with Crippen molar-refractivity contribution in [3.05, 3.63) is 108 Å². The Morgan fingerprint density at radius 2 is 1.23 bits per heavy atom. The minimum absolute atomic E-state index is 0.139. The molecule has 5 aromatic carbocycles. The van der Waals surface area contributed by atoms with Gasteiger partial charge in [0, 0.05) is 23.9 Å². The van der Waals surface area contributed by atoms with Crippen LogP contribution >= 0.6 is 0 Å². The highest BCUT2D eigenvalue weighted by molar-refractivity contribution is 6.07. The van der Waals surface area contributed by atoms with Crippen molar-refractivity contribution in [1.82, 2.24) is 29.7 Å². The zero-order valence-electron chi connectivity index (χ0n) is 30.2. The van der Waals surface area contributed by atoms with Gasteiger partial charge in [-0.05, 0) is 98.2 Å². The summed E-state index contributed by atoms with van der Waals surface area (Å²) in [6.07, 6.45) is 2.89. The van der Waals surface area contributed by atoms with Gasteiger partial charge in [0.2, 0.25) is 0 Å². The fourth-order valence-electron chi connectivity index (χ4n) is 7.98. The summed E-state index contributed by atoms with van der Waals surface area (Å²) in [4.78, 5) is 46.8. The number of benzene rings is 5. The van der Waals surface area contributed by atoms with Crippen molar-refractivity contribution in [2.45, 2.75) is 70.7 Å². The number of likely N-dealkylation sites (tertiary alicyclic amines) is 2. The molecule has 0 bridgehead atoms. The number of nitrogens with one attached hydrogen (secondary N) is 2. The molecule has 2 aromatic heterocycles. The number of carbonyl (C=O) groups excluding carboxylic acids is 2. The summed E-state index contributed by atoms with van der Waals surface area (Å²) < 4.78 is 11.4. The van der Waals surface area contributed by atoms with Crippen LogP contribution in [0.2, 0.25) is 0 Å². The average Bonchev–Trinajstić information content (AvgIpc) is 3.98. The van der Waals surface area contributed by atoms with Gasteiger partial charge in [-0.1, -0.05) is 66.7 Å². The zero-order chi connectivity index (χ0) is 36.3. The standard InChI is InChI=1S/C43H42N6O4/c1-43(2,3)53-42(51)49-22-8-12-36(49)40-45-34-20-16-30-24-28(14-18-32(30)38(34)47-40)27-13-17-31-29(23-27)15-19-33-37(31)46-39(44-33)35-11-7-21-48(35)41(50)52-25-26-9-5-4-6-10-26/h4-6,9-10,13-20,23-24,35-36H,7-8,11-12,21-22,25H2,1-3H3,(H,44,46)(H,45,47)/t35-,36-/m0/s1. The first-order chi connectivity index (χ1) is 25.7. The van der Waals surface area contributed by atoms with Crippen LogP contribution in [0.4, 0.5) is 9.59 Å². The molecule has 10 nitrogen and oxygen atoms in total. The third kappa shape index (κ3) is 6.22. The molecule has 0 radical (unpaired) electrons. The average molecular weight is 707 g/mol. The Bertz CT molecular complexity index is 2520. The smallest absolute Gasteiger partial charge is 0.410 e. The monoisotopic (exact) mass is 706 g/mol. The first-order valence-electron chi connectivity index (χ1n) is 18.5. The van der Waals surface area contributed by atoms with Crippen molar-refractivity contribution in [2.75, 3.05) is 13.1 Å². The Kier molecular flexibility index (Phi) is 8.05. The molecule has 2 N–H and O–H groups in total. The molecule has 53 heavy (non-hydrogen) atoms. The molecule has 9 rings (SSSR count). The van der Waals surface area contributed by atoms with E-state index >= 15 is 0 Å². The summed E-state index contributed by atoms with van der Waals surface area (Å²) >= 11 is 0. The van der Waals surface area contributed by atoms with Gasteiger partial charge >= 0.3 is 12.2 Å². The fourth-order valence-corrected chi connectivity index (χ4v) is 7.98. The Morgan fingerprint density at radius 3 is 1.75 bits per heavy atom. The minimum atomic E-state index is -0.550. The molecule has 0 unspecified atom stereocenters. The molecule has 2 saturated heterocycles. The first-order valence-corrected chi connectivity index (χ1v) is 18.5. The van der Waals surface area contributed by atoms with E-state index in [0.717, 1.165) is 97.6 Å². The van der Waals surface area contributed by atoms with Gasteiger partial charge in [-0.25, -0.2) is 19.6 Å². The van der Waals surface area contributed by atoms with Gasteiger partial charge in [-0.2, -0.15) is 0 Å². The van der Waals surface area contributed by atoms with Gasteiger partial charge in [-0.3, -0.25) is 9.80 Å². The summed E-state index contributed by atoms with van der Waals surface area (Å²) in [6, 6.07) is 30.9. The number of amides is 2. The highest BCUT2D eigenvalue weighted by atomic mass is 16.6. The lowest BCUT2D eigenvalue weighted by Crippen LogP contribution is -2.36. The van der Waals surface area contributed by atoms with Gasteiger partial charge < -0.3 is 19.4 Å². The number of hydrogen-bond donors (Lipinski definition) is 2. The second-order valence-electron chi connectivity index (χ2n) is 15.3. The number of nitrogens with zero attached hydrogens (tertiary/aromatic N) is 4. The molecule has 4 heterocycles. The fraction of sp³-hybridized carbons (Fsp3) is 0.302. The summed E-state index contributed by atoms with van der Waals surface area (Å²) in [5.41, 5.74) is 6.34. The van der Waals surface area contributed by atoms with Gasteiger partial charge in [0.15, 0.2) is 0 Å². The van der Waals surface area contributed by atoms with Crippen molar-refractivity contribution < 1.29 is 19.1 Å². The molecule has 7 aromatic rings. The quantitative estimate of drug-likeness (QED) is 0.184. The highest BCUT2D eigenvalue weighted by Crippen LogP contribution is 2.37. The summed E-state index contributed by atoms with van der Waals surface area (Å²) in [7, 11) is 0. The molecule has 0 aliphatic carbocycles. The predicted molar refractivity (Wildman–Crippen MR) is 206 cm³/mol. The van der Waals surface area contributed by atoms with Crippen LogP contribution < -0.4 is 0 Å². The maximum absolute atomic E-state index is 13.1. The lowest BCUT2D eigenvalue weighted by Gasteiger charge is -2.27.